The van der Waals surface area contributed by atoms with Crippen molar-refractivity contribution in [3.8, 4) is 35.7 Å². The minimum atomic E-state index is -5.84. The summed E-state index contributed by atoms with van der Waals surface area (Å²) in [7, 11) is -5.84. The number of rotatable bonds is 12. The maximum atomic E-state index is 12.2. The van der Waals surface area contributed by atoms with Crippen LogP contribution in [0.2, 0.25) is 0 Å². The van der Waals surface area contributed by atoms with E-state index in [9.17, 15) is 60.3 Å². The largest absolute Gasteiger partial charge is 0.534 e. The molecule has 126 heavy (non-hydrogen) atoms. The van der Waals surface area contributed by atoms with Gasteiger partial charge in [-0.15, -0.1) is 6.42 Å². The quantitative estimate of drug-likeness (QED) is 0.0286. The monoisotopic (exact) mass is 1740 g/mol. The number of hydrogen-bond donors (Lipinski definition) is 6. The fourth-order valence-electron chi connectivity index (χ4n) is 14.8. The first-order chi connectivity index (χ1) is 60.6. The summed E-state index contributed by atoms with van der Waals surface area (Å²) in [4.78, 5) is 91.6. The number of aromatic nitrogens is 1. The fourth-order valence-corrected chi connectivity index (χ4v) is 15.2. The lowest BCUT2D eigenvalue weighted by atomic mass is 10.0. The number of fused-ring (bicyclic) bond motifs is 7. The molecule has 11 heterocycles. The van der Waals surface area contributed by atoms with Crippen molar-refractivity contribution < 1.29 is 66.9 Å². The smallest absolute Gasteiger partial charge is 0.507 e. The molecule has 14 aromatic rings. The van der Waals surface area contributed by atoms with Crippen molar-refractivity contribution in [2.24, 2.45) is 0 Å². The maximum absolute atomic E-state index is 12.2. The molecule has 652 valence electrons. The van der Waals surface area contributed by atoms with Crippen molar-refractivity contribution in [3.05, 3.63) is 287 Å². The lowest BCUT2D eigenvalue weighted by Gasteiger charge is -2.34. The molecule has 7 aromatic carbocycles. The zero-order chi connectivity index (χ0) is 88.9. The molecule has 27 nitrogen and oxygen atoms in total. The zero-order valence-electron chi connectivity index (χ0n) is 69.1. The van der Waals surface area contributed by atoms with Gasteiger partial charge in [0.1, 0.15) is 50.5 Å². The van der Waals surface area contributed by atoms with Gasteiger partial charge in [0.25, 0.3) is 0 Å². The Morgan fingerprint density at radius 2 is 0.810 bits per heavy atom. The highest BCUT2D eigenvalue weighted by atomic mass is 32.2. The SMILES string of the molecule is C#CCN1CCC(Nc2cc(=O)oc3ccccc23)CC1.CC(C)(C)OC(=O)N1CCC(Nc2cc(=O)oc3ccccc23)CC1.O=c1cc(NC2CCN(CC#Cc3nccc4ccccc34)CC2)c2ccccc2o1.O=c1cc(NC2CCNCC2)c2ccccc2o1.O=c1cc(O)c2ccccc2o1.O=c1cc(OS(=O)(=O)C(F)(F)F)c2ccccc2o1. The van der Waals surface area contributed by atoms with Crippen LogP contribution in [-0.2, 0) is 14.9 Å². The molecule has 0 aliphatic carbocycles. The van der Waals surface area contributed by atoms with Crippen molar-refractivity contribution in [1.82, 2.24) is 25.0 Å². The van der Waals surface area contributed by atoms with Crippen LogP contribution in [0, 0.1) is 24.2 Å². The van der Waals surface area contributed by atoms with Crippen LogP contribution in [0.4, 0.5) is 40.7 Å². The topological polar surface area (TPSA) is 354 Å². The Morgan fingerprint density at radius 1 is 0.468 bits per heavy atom. The number of nitrogens with one attached hydrogen (secondary N) is 5. The summed E-state index contributed by atoms with van der Waals surface area (Å²) in [6, 6.07) is 61.9. The number of anilines is 4. The molecule has 4 saturated heterocycles. The Morgan fingerprint density at radius 3 is 1.22 bits per heavy atom. The third-order valence-corrected chi connectivity index (χ3v) is 21.9. The Labute approximate surface area is 720 Å². The lowest BCUT2D eigenvalue weighted by molar-refractivity contribution is -0.0499. The van der Waals surface area contributed by atoms with Gasteiger partial charge in [0.2, 0.25) is 0 Å². The first kappa shape index (κ1) is 89.8. The van der Waals surface area contributed by atoms with Gasteiger partial charge in [0.05, 0.1) is 58.7 Å². The van der Waals surface area contributed by atoms with Crippen LogP contribution in [0.1, 0.15) is 77.8 Å². The number of para-hydroxylation sites is 6. The number of likely N-dealkylation sites (tertiary alicyclic amines) is 3. The number of pyridine rings is 1. The number of amides is 1. The first-order valence-electron chi connectivity index (χ1n) is 41.0. The van der Waals surface area contributed by atoms with Gasteiger partial charge in [-0.2, -0.15) is 21.6 Å². The highest BCUT2D eigenvalue weighted by Crippen LogP contribution is 2.33. The van der Waals surface area contributed by atoms with Crippen LogP contribution in [0.5, 0.6) is 11.5 Å². The average molecular weight is 1740 g/mol. The Kier molecular flexibility index (Phi) is 29.5. The van der Waals surface area contributed by atoms with E-state index in [1.807, 2.05) is 136 Å². The molecule has 0 radical (unpaired) electrons. The summed E-state index contributed by atoms with van der Waals surface area (Å²) in [6.45, 7) is 14.3. The van der Waals surface area contributed by atoms with Crippen LogP contribution < -0.4 is 64.5 Å². The highest BCUT2D eigenvalue weighted by molar-refractivity contribution is 7.88. The molecule has 1 amide bonds. The van der Waals surface area contributed by atoms with E-state index in [4.69, 9.17) is 37.7 Å². The number of benzene rings is 7. The van der Waals surface area contributed by atoms with Gasteiger partial charge < -0.3 is 72.0 Å². The minimum absolute atomic E-state index is 0.0400. The number of halogens is 3. The number of piperidine rings is 4. The minimum Gasteiger partial charge on any atom is -0.507 e. The molecule has 0 unspecified atom stereocenters. The number of terminal acetylenes is 1. The molecule has 0 spiro atoms. The zero-order valence-corrected chi connectivity index (χ0v) is 69.9. The van der Waals surface area contributed by atoms with Crippen molar-refractivity contribution in [2.45, 2.75) is 107 Å². The average Bonchev–Trinajstić information content (AvgIpc) is 0.782. The van der Waals surface area contributed by atoms with E-state index in [1.54, 1.807) is 47.4 Å². The van der Waals surface area contributed by atoms with E-state index in [1.165, 1.54) is 36.4 Å². The number of ether oxygens (including phenoxy) is 1. The molecular weight excluding hydrogens is 1640 g/mol. The summed E-state index contributed by atoms with van der Waals surface area (Å²) >= 11 is 0. The van der Waals surface area contributed by atoms with Crippen molar-refractivity contribution in [3.63, 3.8) is 0 Å². The van der Waals surface area contributed by atoms with E-state index < -0.39 is 38.2 Å². The predicted octanol–water partition coefficient (Wildman–Crippen LogP) is 15.7. The Bertz CT molecular complexity index is 6800. The van der Waals surface area contributed by atoms with Gasteiger partial charge in [-0.1, -0.05) is 109 Å². The molecule has 18 rings (SSSR count). The second-order valence-corrected chi connectivity index (χ2v) is 32.6. The van der Waals surface area contributed by atoms with Crippen molar-refractivity contribution >= 4 is 116 Å². The van der Waals surface area contributed by atoms with Gasteiger partial charge >= 0.3 is 55.5 Å². The molecule has 0 atom stereocenters. The molecular formula is C95H92F3N9O18S. The molecule has 4 aliphatic rings. The van der Waals surface area contributed by atoms with Crippen LogP contribution in [0.25, 0.3) is 76.6 Å². The van der Waals surface area contributed by atoms with Gasteiger partial charge in [-0.3, -0.25) is 9.80 Å². The van der Waals surface area contributed by atoms with Gasteiger partial charge in [0, 0.05) is 121 Å². The number of aromatic hydroxyl groups is 1. The van der Waals surface area contributed by atoms with E-state index in [0.29, 0.717) is 77.1 Å². The van der Waals surface area contributed by atoms with E-state index in [0.717, 1.165) is 164 Å². The number of hydrogen-bond acceptors (Lipinski definition) is 26. The van der Waals surface area contributed by atoms with E-state index >= 15 is 0 Å². The summed E-state index contributed by atoms with van der Waals surface area (Å²) in [5.41, 5.74) is -1.94. The first-order valence-corrected chi connectivity index (χ1v) is 42.4. The van der Waals surface area contributed by atoms with E-state index in [2.05, 4.69) is 75.4 Å². The second kappa shape index (κ2) is 41.5. The summed E-state index contributed by atoms with van der Waals surface area (Å²) in [5.74, 6) is 8.46. The van der Waals surface area contributed by atoms with Crippen LogP contribution in [0.15, 0.2) is 274 Å². The fraction of sp³-hybridized carbons (Fsp3) is 0.284. The van der Waals surface area contributed by atoms with Gasteiger partial charge in [0.15, 0.2) is 5.75 Å². The van der Waals surface area contributed by atoms with Crippen LogP contribution in [-0.4, -0.2) is 140 Å². The van der Waals surface area contributed by atoms with Gasteiger partial charge in [-0.25, -0.2) is 38.5 Å². The Balaban J connectivity index is 0.000000132. The van der Waals surface area contributed by atoms with Crippen LogP contribution >= 0.6 is 0 Å². The molecule has 6 N–H and O–H groups in total. The standard InChI is InChI=1S/C26H23N3O2.C19H24N2O4.C17H18N2O2.C14H16N2O2.C10H5F3O5S.C9H6O3/c30-26-18-24(22-8-3-4-10-25(22)31-26)28-20-12-16-29(17-13-20)15-5-9-23-21-7-2-1-6-19(21)11-14-27-23;1-19(2,3)25-18(23)21-10-8-13(9-11-21)20-15-12-17(22)24-16-7-5-4-6-14(15)16;1-2-9-19-10-7-13(8-11-19)18-15-12-17(20)21-16-6-4-3-5-14(15)16;17-14-9-12(16-10-5-7-15-8-6-10)11-3-1-2-4-13(11)18-14;11-10(12,13)19(15,16)18-8-5-9(14)17-7-4-2-1-3-6(7)8;10-7-5-9(11)12-8-4-2-1-3-6(7)8/h1-4,6-8,10-11,14,18,20,28H,12-13,15-17H2;4-7,12-13,20H,8-11H2,1-3H3;1,3-6,12-13,18H,7-11H2;1-4,9-10,15-16H,5-8H2;1-5H;1-5,10H. The second-order valence-electron chi connectivity index (χ2n) is 31.1. The number of carbonyl (C=O) groups excluding carboxylic acids is 1. The highest BCUT2D eigenvalue weighted by Gasteiger charge is 2.49. The number of alkyl halides is 3. The predicted molar refractivity (Wildman–Crippen MR) is 480 cm³/mol. The third-order valence-electron chi connectivity index (χ3n) is 20.9. The van der Waals surface area contributed by atoms with Crippen LogP contribution in [0.3, 0.4) is 0 Å². The number of nitrogens with zero attached hydrogens (tertiary/aromatic N) is 4. The molecule has 4 fully saturated rings. The third kappa shape index (κ3) is 24.5. The summed E-state index contributed by atoms with van der Waals surface area (Å²) in [5, 5.41) is 33.1. The molecule has 0 saturated carbocycles. The summed E-state index contributed by atoms with van der Waals surface area (Å²) < 4.78 is 98.2. The van der Waals surface area contributed by atoms with Crippen molar-refractivity contribution in [2.75, 3.05) is 86.7 Å². The Hall–Kier alpha value is -14.0. The molecule has 31 heteroatoms. The maximum Gasteiger partial charge on any atom is 0.534 e. The van der Waals surface area contributed by atoms with Crippen molar-refractivity contribution in [1.29, 1.82) is 0 Å². The molecule has 0 bridgehead atoms. The molecule has 7 aromatic heterocycles. The lowest BCUT2D eigenvalue weighted by Crippen LogP contribution is -2.44. The van der Waals surface area contributed by atoms with E-state index in [-0.39, 0.29) is 51.4 Å². The van der Waals surface area contributed by atoms with Gasteiger partial charge in [-0.05, 0) is 175 Å². The molecule has 4 aliphatic heterocycles. The summed E-state index contributed by atoms with van der Waals surface area (Å²) in [6.07, 6.45) is 14.7. The number of carbonyl (C=O) groups is 1. The normalized spacial score (nSPS) is 14.9.